The number of halogens is 2. The van der Waals surface area contributed by atoms with Gasteiger partial charge in [0.1, 0.15) is 0 Å². The highest BCUT2D eigenvalue weighted by Gasteiger charge is 2.10. The molecule has 0 saturated heterocycles. The predicted molar refractivity (Wildman–Crippen MR) is 77.7 cm³/mol. The van der Waals surface area contributed by atoms with E-state index in [1.165, 1.54) is 5.54 Å². The number of rotatable bonds is 5. The monoisotopic (exact) mass is 297 g/mol. The lowest BCUT2D eigenvalue weighted by atomic mass is 10.1. The predicted octanol–water partition coefficient (Wildman–Crippen LogP) is 3.98. The van der Waals surface area contributed by atoms with E-state index in [1.54, 1.807) is 0 Å². The second-order valence-electron chi connectivity index (χ2n) is 4.25. The summed E-state index contributed by atoms with van der Waals surface area (Å²) < 4.78 is 1.98. The minimum Gasteiger partial charge on any atom is -0.481 e. The molecule has 0 bridgehead atoms. The van der Waals surface area contributed by atoms with E-state index in [2.05, 4.69) is 0 Å². The van der Waals surface area contributed by atoms with Gasteiger partial charge < -0.3 is 9.67 Å². The molecule has 0 aliphatic heterocycles. The molecular weight excluding hydrogens is 285 g/mol. The first kappa shape index (κ1) is 14.0. The van der Waals surface area contributed by atoms with Crippen molar-refractivity contribution in [3.05, 3.63) is 46.6 Å². The summed E-state index contributed by atoms with van der Waals surface area (Å²) in [4.78, 5) is 10.7. The summed E-state index contributed by atoms with van der Waals surface area (Å²) in [5.41, 5.74) is 3.38. The molecule has 2 aromatic rings. The summed E-state index contributed by atoms with van der Waals surface area (Å²) >= 11 is 11.5. The topological polar surface area (TPSA) is 42.2 Å². The Hall–Kier alpha value is -1.45. The van der Waals surface area contributed by atoms with Gasteiger partial charge in [0.05, 0.1) is 6.54 Å². The van der Waals surface area contributed by atoms with Crippen LogP contribution in [0.5, 0.6) is 0 Å². The molecular formula is C14H13Cl2NO2. The number of aromatic nitrogens is 1. The number of carboxylic acid groups (broad SMARTS) is 1. The molecule has 1 N–H and O–H groups in total. The van der Waals surface area contributed by atoms with E-state index in [1.807, 2.05) is 35.0 Å². The van der Waals surface area contributed by atoms with Crippen LogP contribution in [0, 0.1) is 0 Å². The largest absolute Gasteiger partial charge is 0.481 e. The quantitative estimate of drug-likeness (QED) is 0.907. The maximum atomic E-state index is 10.7. The van der Waals surface area contributed by atoms with E-state index in [4.69, 9.17) is 28.3 Å². The van der Waals surface area contributed by atoms with E-state index < -0.39 is 5.97 Å². The van der Waals surface area contributed by atoms with E-state index in [-0.39, 0.29) is 6.42 Å². The Labute approximate surface area is 121 Å². The summed E-state index contributed by atoms with van der Waals surface area (Å²) in [5, 5.41) is 10.4. The van der Waals surface area contributed by atoms with Crippen molar-refractivity contribution in [3.63, 3.8) is 0 Å². The van der Waals surface area contributed by atoms with Crippen molar-refractivity contribution in [2.24, 2.45) is 0 Å². The zero-order valence-corrected chi connectivity index (χ0v) is 11.7. The van der Waals surface area contributed by atoms with E-state index >= 15 is 0 Å². The zero-order valence-electron chi connectivity index (χ0n) is 10.1. The summed E-state index contributed by atoms with van der Waals surface area (Å²) in [6, 6.07) is 7.85. The van der Waals surface area contributed by atoms with Gasteiger partial charge >= 0.3 is 5.97 Å². The summed E-state index contributed by atoms with van der Waals surface area (Å²) in [7, 11) is 0. The fraction of sp³-hybridized carbons (Fsp3) is 0.214. The summed E-state index contributed by atoms with van der Waals surface area (Å²) in [6.45, 7) is 0.485. The third-order valence-electron chi connectivity index (χ3n) is 2.92. The average Bonchev–Trinajstić information content (AvgIpc) is 2.75. The first-order valence-corrected chi connectivity index (χ1v) is 6.66. The van der Waals surface area contributed by atoms with Gasteiger partial charge in [-0.1, -0.05) is 41.4 Å². The van der Waals surface area contributed by atoms with Gasteiger partial charge in [0.25, 0.3) is 0 Å². The normalized spacial score (nSPS) is 12.0. The highest BCUT2D eigenvalue weighted by molar-refractivity contribution is 6.36. The van der Waals surface area contributed by atoms with Crippen LogP contribution in [-0.2, 0) is 17.8 Å². The van der Waals surface area contributed by atoms with Crippen LogP contribution in [-0.4, -0.2) is 15.6 Å². The van der Waals surface area contributed by atoms with Crippen LogP contribution >= 0.6 is 23.2 Å². The van der Waals surface area contributed by atoms with Crippen LogP contribution in [0.3, 0.4) is 0 Å². The van der Waals surface area contributed by atoms with Gasteiger partial charge in [0.15, 0.2) is 0 Å². The lowest BCUT2D eigenvalue weighted by Crippen LogP contribution is -1.97. The van der Waals surface area contributed by atoms with Gasteiger partial charge in [-0.05, 0) is 18.1 Å². The highest BCUT2D eigenvalue weighted by Crippen LogP contribution is 2.24. The Balaban J connectivity index is 2.39. The van der Waals surface area contributed by atoms with E-state index in [0.29, 0.717) is 18.0 Å². The number of aliphatic carboxylic acids is 1. The Kier molecular flexibility index (Phi) is 4.51. The first-order chi connectivity index (χ1) is 9.11. The molecule has 19 heavy (non-hydrogen) atoms. The van der Waals surface area contributed by atoms with Crippen molar-refractivity contribution in [1.29, 1.82) is 0 Å². The Morgan fingerprint density at radius 1 is 1.37 bits per heavy atom. The average molecular weight is 298 g/mol. The van der Waals surface area contributed by atoms with Crippen LogP contribution in [0.25, 0.3) is 10.9 Å². The van der Waals surface area contributed by atoms with Crippen molar-refractivity contribution >= 4 is 40.1 Å². The smallest absolute Gasteiger partial charge is 0.303 e. The van der Waals surface area contributed by atoms with Crippen LogP contribution in [0.1, 0.15) is 12.0 Å². The summed E-state index contributed by atoms with van der Waals surface area (Å²) in [5.74, 6) is -0.796. The van der Waals surface area contributed by atoms with Crippen molar-refractivity contribution in [2.75, 3.05) is 0 Å². The maximum absolute atomic E-state index is 10.7. The molecule has 0 unspecified atom stereocenters. The fourth-order valence-corrected chi connectivity index (χ4v) is 2.29. The van der Waals surface area contributed by atoms with Crippen LogP contribution < -0.4 is 0 Å². The second kappa shape index (κ2) is 6.13. The minimum atomic E-state index is -0.796. The minimum absolute atomic E-state index is 0.118. The molecule has 100 valence electrons. The molecule has 2 rings (SSSR count). The number of fused-ring (bicyclic) bond motifs is 1. The Morgan fingerprint density at radius 2 is 2.11 bits per heavy atom. The van der Waals surface area contributed by atoms with Gasteiger partial charge in [-0.15, -0.1) is 0 Å². The Bertz CT molecular complexity index is 631. The number of para-hydroxylation sites is 1. The van der Waals surface area contributed by atoms with Crippen molar-refractivity contribution in [3.8, 4) is 0 Å². The number of hydrogen-bond donors (Lipinski definition) is 1. The molecule has 3 nitrogen and oxygen atoms in total. The number of carbonyl (C=O) groups is 1. The fourth-order valence-electron chi connectivity index (χ4n) is 2.09. The van der Waals surface area contributed by atoms with Crippen molar-refractivity contribution < 1.29 is 9.90 Å². The van der Waals surface area contributed by atoms with E-state index in [0.717, 1.165) is 16.5 Å². The molecule has 0 fully saturated rings. The van der Waals surface area contributed by atoms with E-state index in [9.17, 15) is 4.79 Å². The SMILES string of the molecule is O=C(O)CCc1cn(CC(Cl)=CCl)c2ccccc12. The first-order valence-electron chi connectivity index (χ1n) is 5.85. The molecule has 0 amide bonds. The second-order valence-corrected chi connectivity index (χ2v) is 4.95. The molecule has 0 spiro atoms. The molecule has 0 aliphatic carbocycles. The zero-order chi connectivity index (χ0) is 13.8. The third kappa shape index (κ3) is 3.31. The molecule has 0 aliphatic rings. The molecule has 0 atom stereocenters. The summed E-state index contributed by atoms with van der Waals surface area (Å²) in [6.07, 6.45) is 2.56. The maximum Gasteiger partial charge on any atom is 0.303 e. The van der Waals surface area contributed by atoms with Crippen molar-refractivity contribution in [2.45, 2.75) is 19.4 Å². The van der Waals surface area contributed by atoms with Gasteiger partial charge in [-0.2, -0.15) is 0 Å². The number of hydrogen-bond acceptors (Lipinski definition) is 1. The number of benzene rings is 1. The lowest BCUT2D eigenvalue weighted by Gasteiger charge is -2.02. The number of allylic oxidation sites excluding steroid dienone is 1. The number of carboxylic acids is 1. The van der Waals surface area contributed by atoms with Gasteiger partial charge in [0, 0.05) is 34.1 Å². The third-order valence-corrected chi connectivity index (χ3v) is 3.52. The molecule has 0 radical (unpaired) electrons. The highest BCUT2D eigenvalue weighted by atomic mass is 35.5. The van der Waals surface area contributed by atoms with Gasteiger partial charge in [0.2, 0.25) is 0 Å². The molecule has 1 heterocycles. The molecule has 0 saturated carbocycles. The number of aryl methyl sites for hydroxylation is 1. The lowest BCUT2D eigenvalue weighted by molar-refractivity contribution is -0.136. The Morgan fingerprint density at radius 3 is 2.79 bits per heavy atom. The van der Waals surface area contributed by atoms with Crippen LogP contribution in [0.4, 0.5) is 0 Å². The standard InChI is InChI=1S/C14H13Cl2NO2/c15-7-11(16)9-17-8-10(5-6-14(18)19)12-3-1-2-4-13(12)17/h1-4,7-8H,5-6,9H2,(H,18,19). The molecule has 1 aromatic carbocycles. The number of nitrogens with zero attached hydrogens (tertiary/aromatic N) is 1. The molecule has 1 aromatic heterocycles. The van der Waals surface area contributed by atoms with Crippen LogP contribution in [0.15, 0.2) is 41.0 Å². The van der Waals surface area contributed by atoms with Gasteiger partial charge in [-0.3, -0.25) is 4.79 Å². The molecule has 5 heteroatoms. The van der Waals surface area contributed by atoms with Gasteiger partial charge in [-0.25, -0.2) is 0 Å². The van der Waals surface area contributed by atoms with Crippen LogP contribution in [0.2, 0.25) is 0 Å². The van der Waals surface area contributed by atoms with Crippen molar-refractivity contribution in [1.82, 2.24) is 4.57 Å².